The second-order valence-electron chi connectivity index (χ2n) is 9.28. The van der Waals surface area contributed by atoms with Crippen LogP contribution in [0.25, 0.3) is 11.1 Å². The van der Waals surface area contributed by atoms with Gasteiger partial charge in [-0.15, -0.1) is 0 Å². The van der Waals surface area contributed by atoms with Gasteiger partial charge in [-0.1, -0.05) is 85.3 Å². The SMILES string of the molecule is NCCCCC(N)C(=O)O.O=C(NC(Cc1ccccc1)C(=O)O)OCC1c2ccccc2-c2ccccc21. The molecule has 0 saturated carbocycles. The fourth-order valence-electron chi connectivity index (χ4n) is 4.46. The van der Waals surface area contributed by atoms with E-state index in [1.165, 1.54) is 0 Å². The molecule has 2 atom stereocenters. The Morgan fingerprint density at radius 2 is 1.38 bits per heavy atom. The average molecular weight is 534 g/mol. The van der Waals surface area contributed by atoms with Crippen molar-refractivity contribution in [1.29, 1.82) is 0 Å². The van der Waals surface area contributed by atoms with Gasteiger partial charge >= 0.3 is 18.0 Å². The van der Waals surface area contributed by atoms with E-state index in [1.807, 2.05) is 66.7 Å². The smallest absolute Gasteiger partial charge is 0.407 e. The van der Waals surface area contributed by atoms with Gasteiger partial charge in [-0.05, 0) is 47.2 Å². The van der Waals surface area contributed by atoms with Gasteiger partial charge in [-0.25, -0.2) is 9.59 Å². The Hall–Kier alpha value is -4.21. The number of amides is 1. The molecule has 9 heteroatoms. The van der Waals surface area contributed by atoms with Gasteiger partial charge in [0.1, 0.15) is 18.7 Å². The number of aliphatic carboxylic acids is 2. The van der Waals surface area contributed by atoms with Crippen LogP contribution < -0.4 is 16.8 Å². The molecular weight excluding hydrogens is 498 g/mol. The minimum atomic E-state index is -1.10. The zero-order valence-corrected chi connectivity index (χ0v) is 21.7. The number of nitrogens with two attached hydrogens (primary N) is 2. The molecular formula is C30H35N3O6. The molecule has 3 aromatic rings. The van der Waals surface area contributed by atoms with Crippen LogP contribution in [0.1, 0.15) is 41.9 Å². The van der Waals surface area contributed by atoms with E-state index in [1.54, 1.807) is 0 Å². The lowest BCUT2D eigenvalue weighted by atomic mass is 9.98. The van der Waals surface area contributed by atoms with E-state index in [9.17, 15) is 19.5 Å². The van der Waals surface area contributed by atoms with Crippen LogP contribution in [0, 0.1) is 0 Å². The number of carboxylic acid groups (broad SMARTS) is 2. The van der Waals surface area contributed by atoms with Crippen LogP contribution in [0.5, 0.6) is 0 Å². The van der Waals surface area contributed by atoms with Crippen molar-refractivity contribution in [2.75, 3.05) is 13.2 Å². The molecule has 7 N–H and O–H groups in total. The second kappa shape index (κ2) is 14.7. The summed E-state index contributed by atoms with van der Waals surface area (Å²) in [5, 5.41) is 20.3. The van der Waals surface area contributed by atoms with Crippen molar-refractivity contribution in [3.8, 4) is 11.1 Å². The molecule has 1 amide bonds. The van der Waals surface area contributed by atoms with Gasteiger partial charge in [0.05, 0.1) is 0 Å². The lowest BCUT2D eigenvalue weighted by Gasteiger charge is -2.17. The van der Waals surface area contributed by atoms with Crippen LogP contribution in [-0.2, 0) is 20.7 Å². The third kappa shape index (κ3) is 8.39. The maximum Gasteiger partial charge on any atom is 0.407 e. The summed E-state index contributed by atoms with van der Waals surface area (Å²) in [6.45, 7) is 0.754. The van der Waals surface area contributed by atoms with Crippen LogP contribution in [-0.4, -0.2) is 53.5 Å². The number of alkyl carbamates (subject to hydrolysis) is 1. The first-order chi connectivity index (χ1) is 18.8. The maximum atomic E-state index is 12.3. The second-order valence-corrected chi connectivity index (χ2v) is 9.28. The molecule has 0 aliphatic heterocycles. The van der Waals surface area contributed by atoms with Crippen molar-refractivity contribution >= 4 is 18.0 Å². The van der Waals surface area contributed by atoms with E-state index >= 15 is 0 Å². The molecule has 1 aliphatic carbocycles. The zero-order valence-electron chi connectivity index (χ0n) is 21.7. The first kappa shape index (κ1) is 29.3. The number of ether oxygens (including phenoxy) is 1. The largest absolute Gasteiger partial charge is 0.480 e. The predicted molar refractivity (Wildman–Crippen MR) is 148 cm³/mol. The van der Waals surface area contributed by atoms with E-state index in [4.69, 9.17) is 21.3 Å². The number of carbonyl (C=O) groups excluding carboxylic acids is 1. The van der Waals surface area contributed by atoms with Gasteiger partial charge in [0.2, 0.25) is 0 Å². The highest BCUT2D eigenvalue weighted by atomic mass is 16.5. The van der Waals surface area contributed by atoms with Crippen LogP contribution in [0.15, 0.2) is 78.9 Å². The van der Waals surface area contributed by atoms with Crippen molar-refractivity contribution in [1.82, 2.24) is 5.32 Å². The Balaban J connectivity index is 0.000000360. The van der Waals surface area contributed by atoms with Gasteiger partial charge in [0.15, 0.2) is 0 Å². The maximum absolute atomic E-state index is 12.3. The van der Waals surface area contributed by atoms with Crippen LogP contribution >= 0.6 is 0 Å². The molecule has 0 fully saturated rings. The lowest BCUT2D eigenvalue weighted by Crippen LogP contribution is -2.42. The summed E-state index contributed by atoms with van der Waals surface area (Å²) < 4.78 is 5.44. The molecule has 0 radical (unpaired) electrons. The molecule has 0 heterocycles. The highest BCUT2D eigenvalue weighted by Crippen LogP contribution is 2.44. The van der Waals surface area contributed by atoms with Gasteiger partial charge in [-0.2, -0.15) is 0 Å². The first-order valence-corrected chi connectivity index (χ1v) is 12.9. The molecule has 2 unspecified atom stereocenters. The van der Waals surface area contributed by atoms with Crippen molar-refractivity contribution in [2.45, 2.75) is 43.7 Å². The molecule has 0 bridgehead atoms. The number of hydrogen-bond donors (Lipinski definition) is 5. The molecule has 1 aliphatic rings. The van der Waals surface area contributed by atoms with E-state index in [-0.39, 0.29) is 18.9 Å². The normalized spacial score (nSPS) is 13.2. The Morgan fingerprint density at radius 1 is 0.821 bits per heavy atom. The number of rotatable bonds is 11. The number of fused-ring (bicyclic) bond motifs is 3. The van der Waals surface area contributed by atoms with Crippen molar-refractivity contribution in [2.24, 2.45) is 11.5 Å². The minimum Gasteiger partial charge on any atom is -0.480 e. The van der Waals surface area contributed by atoms with Gasteiger partial charge in [0, 0.05) is 12.3 Å². The third-order valence-corrected chi connectivity index (χ3v) is 6.50. The monoisotopic (exact) mass is 533 g/mol. The fraction of sp³-hybridized carbons (Fsp3) is 0.300. The summed E-state index contributed by atoms with van der Waals surface area (Å²) in [5.74, 6) is -2.09. The third-order valence-electron chi connectivity index (χ3n) is 6.50. The summed E-state index contributed by atoms with van der Waals surface area (Å²) in [6.07, 6.45) is 1.63. The summed E-state index contributed by atoms with van der Waals surface area (Å²) in [7, 11) is 0. The molecule has 4 rings (SSSR count). The lowest BCUT2D eigenvalue weighted by molar-refractivity contribution is -0.140. The van der Waals surface area contributed by atoms with Crippen LogP contribution in [0.4, 0.5) is 4.79 Å². The van der Waals surface area contributed by atoms with Crippen LogP contribution in [0.3, 0.4) is 0 Å². The molecule has 206 valence electrons. The Bertz CT molecular complexity index is 1200. The molecule has 0 saturated heterocycles. The summed E-state index contributed by atoms with van der Waals surface area (Å²) >= 11 is 0. The highest BCUT2D eigenvalue weighted by molar-refractivity contribution is 5.81. The van der Waals surface area contributed by atoms with E-state index in [0.29, 0.717) is 13.0 Å². The van der Waals surface area contributed by atoms with Crippen molar-refractivity contribution in [3.05, 3.63) is 95.6 Å². The van der Waals surface area contributed by atoms with Gasteiger partial charge < -0.3 is 31.7 Å². The van der Waals surface area contributed by atoms with E-state index in [2.05, 4.69) is 17.4 Å². The molecule has 3 aromatic carbocycles. The zero-order chi connectivity index (χ0) is 28.2. The number of benzene rings is 3. The number of carboxylic acids is 2. The quantitative estimate of drug-likeness (QED) is 0.233. The molecule has 9 nitrogen and oxygen atoms in total. The Morgan fingerprint density at radius 3 is 1.92 bits per heavy atom. The van der Waals surface area contributed by atoms with Crippen molar-refractivity contribution < 1.29 is 29.3 Å². The topological polar surface area (TPSA) is 165 Å². The molecule has 0 spiro atoms. The predicted octanol–water partition coefficient (Wildman–Crippen LogP) is 3.75. The Labute approximate surface area is 227 Å². The summed E-state index contributed by atoms with van der Waals surface area (Å²) in [5.41, 5.74) is 15.8. The number of hydrogen-bond acceptors (Lipinski definition) is 6. The van der Waals surface area contributed by atoms with Crippen molar-refractivity contribution in [3.63, 3.8) is 0 Å². The molecule has 39 heavy (non-hydrogen) atoms. The van der Waals surface area contributed by atoms with Gasteiger partial charge in [0.25, 0.3) is 0 Å². The number of nitrogens with one attached hydrogen (secondary N) is 1. The summed E-state index contributed by atoms with van der Waals surface area (Å²) in [6, 6.07) is 23.6. The first-order valence-electron chi connectivity index (χ1n) is 12.9. The van der Waals surface area contributed by atoms with Gasteiger partial charge in [-0.3, -0.25) is 4.79 Å². The standard InChI is InChI=1S/C24H21NO4.C6H14N2O2/c26-23(27)22(14-16-8-2-1-3-9-16)25-24(28)29-15-21-19-12-6-4-10-17(19)18-11-5-7-13-20(18)21;7-4-2-1-3-5(8)6(9)10/h1-13,21-22H,14-15H2,(H,25,28)(H,26,27);5H,1-4,7-8H2,(H,9,10). The minimum absolute atomic E-state index is 0.0643. The highest BCUT2D eigenvalue weighted by Gasteiger charge is 2.29. The van der Waals surface area contributed by atoms with E-state index < -0.39 is 30.1 Å². The Kier molecular flexibility index (Phi) is 11.0. The molecule has 0 aromatic heterocycles. The van der Waals surface area contributed by atoms with E-state index in [0.717, 1.165) is 40.7 Å². The summed E-state index contributed by atoms with van der Waals surface area (Å²) in [4.78, 5) is 34.0. The number of unbranched alkanes of at least 4 members (excludes halogenated alkanes) is 1. The fourth-order valence-corrected chi connectivity index (χ4v) is 4.46. The van der Waals surface area contributed by atoms with Crippen LogP contribution in [0.2, 0.25) is 0 Å². The average Bonchev–Trinajstić information content (AvgIpc) is 3.26. The number of carbonyl (C=O) groups is 3.